The van der Waals surface area contributed by atoms with Crippen molar-refractivity contribution in [1.82, 2.24) is 0 Å². The maximum absolute atomic E-state index is 2.33. The van der Waals surface area contributed by atoms with Gasteiger partial charge >= 0.3 is 0 Å². The maximum atomic E-state index is 2.33. The van der Waals surface area contributed by atoms with Crippen molar-refractivity contribution in [3.8, 4) is 0 Å². The fourth-order valence-corrected chi connectivity index (χ4v) is 1.90. The second kappa shape index (κ2) is 2.69. The Balaban J connectivity index is 3.17. The second-order valence-electron chi connectivity index (χ2n) is 2.31. The fourth-order valence-electron chi connectivity index (χ4n) is 0.919. The third-order valence-electron chi connectivity index (χ3n) is 1.19. The molecule has 0 aromatic heterocycles. The van der Waals surface area contributed by atoms with Gasteiger partial charge < -0.3 is 0 Å². The molecule has 1 aromatic carbocycles. The van der Waals surface area contributed by atoms with Crippen LogP contribution in [0.25, 0.3) is 0 Å². The summed E-state index contributed by atoms with van der Waals surface area (Å²) in [5.74, 6) is 0. The minimum Gasteiger partial charge on any atom is -0.0563 e. The van der Waals surface area contributed by atoms with E-state index in [4.69, 9.17) is 0 Å². The predicted octanol–water partition coefficient (Wildman–Crippen LogP) is 2.91. The van der Waals surface area contributed by atoms with Gasteiger partial charge in [-0.3, -0.25) is 0 Å². The van der Waals surface area contributed by atoms with Crippen LogP contribution in [0.5, 0.6) is 0 Å². The number of rotatable bonds is 0. The summed E-state index contributed by atoms with van der Waals surface area (Å²) >= 11 is 2.33. The van der Waals surface area contributed by atoms with E-state index in [1.54, 1.807) is 0 Å². The number of benzene rings is 1. The number of hydrogen-bond donors (Lipinski definition) is 0. The summed E-state index contributed by atoms with van der Waals surface area (Å²) in [5.41, 5.74) is 2.69. The smallest absolute Gasteiger partial charge is 0.0135 e. The van der Waals surface area contributed by atoms with Crippen LogP contribution in [0.15, 0.2) is 18.2 Å². The van der Waals surface area contributed by atoms with Crippen molar-refractivity contribution in [1.29, 1.82) is 0 Å². The van der Waals surface area contributed by atoms with Crippen LogP contribution in [0.2, 0.25) is 0 Å². The van der Waals surface area contributed by atoms with Crippen molar-refractivity contribution in [2.75, 3.05) is 0 Å². The van der Waals surface area contributed by atoms with E-state index in [1.165, 1.54) is 14.7 Å². The van der Waals surface area contributed by atoms with E-state index in [1.807, 2.05) is 0 Å². The van der Waals surface area contributed by atoms with Gasteiger partial charge in [0.15, 0.2) is 0 Å². The van der Waals surface area contributed by atoms with Crippen molar-refractivity contribution in [2.45, 2.75) is 13.8 Å². The van der Waals surface area contributed by atoms with E-state index in [9.17, 15) is 0 Å². The van der Waals surface area contributed by atoms with Crippen molar-refractivity contribution in [3.63, 3.8) is 0 Å². The molecule has 0 radical (unpaired) electrons. The molecule has 0 aliphatic heterocycles. The standard InChI is InChI=1S/C8H9I/c1-6-3-7(2)5-8(9)4-6/h3-5H,1-2H3/i9-4. The summed E-state index contributed by atoms with van der Waals surface area (Å²) in [7, 11) is 0. The first-order chi connectivity index (χ1) is 4.18. The lowest BCUT2D eigenvalue weighted by molar-refractivity contribution is 1.37. The number of halogens is 1. The summed E-state index contributed by atoms with van der Waals surface area (Å²) in [6.07, 6.45) is 0. The molecule has 48 valence electrons. The van der Waals surface area contributed by atoms with Crippen LogP contribution in [-0.2, 0) is 0 Å². The van der Waals surface area contributed by atoms with Crippen LogP contribution >= 0.6 is 22.6 Å². The van der Waals surface area contributed by atoms with Gasteiger partial charge in [-0.2, -0.15) is 0 Å². The lowest BCUT2D eigenvalue weighted by Crippen LogP contribution is -1.77. The van der Waals surface area contributed by atoms with E-state index in [2.05, 4.69) is 54.6 Å². The Labute approximate surface area is 69.4 Å². The zero-order valence-electron chi connectivity index (χ0n) is 5.61. The van der Waals surface area contributed by atoms with Crippen LogP contribution in [0.3, 0.4) is 0 Å². The van der Waals surface area contributed by atoms with E-state index < -0.39 is 0 Å². The van der Waals surface area contributed by atoms with Gasteiger partial charge in [0.2, 0.25) is 0 Å². The Bertz CT molecular complexity index is 165. The minimum atomic E-state index is 1.32. The third kappa shape index (κ3) is 1.97. The van der Waals surface area contributed by atoms with Gasteiger partial charge in [0.1, 0.15) is 0 Å². The highest BCUT2D eigenvalue weighted by atomic mass is 123. The normalized spacial score (nSPS) is 9.67. The molecule has 9 heavy (non-hydrogen) atoms. The second-order valence-corrected chi connectivity index (χ2v) is 3.55. The zero-order chi connectivity index (χ0) is 6.85. The molecule has 0 aliphatic rings. The van der Waals surface area contributed by atoms with Gasteiger partial charge in [-0.05, 0) is 59.7 Å². The molecular weight excluding hydrogens is 219 g/mol. The summed E-state index contributed by atoms with van der Waals surface area (Å²) in [4.78, 5) is 0. The topological polar surface area (TPSA) is 0 Å². The molecule has 0 nitrogen and oxygen atoms in total. The first kappa shape index (κ1) is 7.06. The molecule has 1 rings (SSSR count). The zero-order valence-corrected chi connectivity index (χ0v) is 7.77. The highest BCUT2D eigenvalue weighted by molar-refractivity contribution is 14.1. The molecule has 0 saturated carbocycles. The monoisotopic (exact) mass is 228 g/mol. The Kier molecular flexibility index (Phi) is 2.11. The van der Waals surface area contributed by atoms with Crippen molar-refractivity contribution >= 4 is 22.6 Å². The minimum absolute atomic E-state index is 1.32. The van der Waals surface area contributed by atoms with Gasteiger partial charge in [-0.15, -0.1) is 0 Å². The quantitative estimate of drug-likeness (QED) is 0.599. The number of aryl methyl sites for hydroxylation is 2. The largest absolute Gasteiger partial charge is 0.0563 e. The summed E-state index contributed by atoms with van der Waals surface area (Å²) in [5, 5.41) is 0. The summed E-state index contributed by atoms with van der Waals surface area (Å²) in [6.45, 7) is 4.24. The molecule has 0 saturated heterocycles. The molecule has 0 unspecified atom stereocenters. The van der Waals surface area contributed by atoms with Gasteiger partial charge in [0.05, 0.1) is 0 Å². The first-order valence-corrected chi connectivity index (χ1v) is 4.00. The highest BCUT2D eigenvalue weighted by Gasteiger charge is 1.88. The van der Waals surface area contributed by atoms with Crippen molar-refractivity contribution < 1.29 is 0 Å². The Morgan fingerprint density at radius 2 is 1.44 bits per heavy atom. The number of hydrogen-bond acceptors (Lipinski definition) is 0. The van der Waals surface area contributed by atoms with Crippen molar-refractivity contribution in [2.24, 2.45) is 0 Å². The Hall–Kier alpha value is -0.0500. The first-order valence-electron chi connectivity index (χ1n) is 2.92. The average molecular weight is 228 g/mol. The molecule has 0 spiro atoms. The van der Waals surface area contributed by atoms with Crippen LogP contribution in [0, 0.1) is 17.4 Å². The van der Waals surface area contributed by atoms with Crippen LogP contribution in [0.4, 0.5) is 0 Å². The highest BCUT2D eigenvalue weighted by Crippen LogP contribution is 2.09. The lowest BCUT2D eigenvalue weighted by Gasteiger charge is -1.95. The average Bonchev–Trinajstić information content (AvgIpc) is 1.59. The predicted molar refractivity (Wildman–Crippen MR) is 48.6 cm³/mol. The van der Waals surface area contributed by atoms with Crippen molar-refractivity contribution in [3.05, 3.63) is 32.9 Å². The molecule has 0 aliphatic carbocycles. The van der Waals surface area contributed by atoms with E-state index in [0.29, 0.717) is 0 Å². The molecule has 0 amide bonds. The molecule has 1 heteroatoms. The van der Waals surface area contributed by atoms with Gasteiger partial charge in [0, 0.05) is 3.57 Å². The fraction of sp³-hybridized carbons (Fsp3) is 0.250. The Morgan fingerprint density at radius 1 is 1.00 bits per heavy atom. The molecular formula is C8H9I. The Morgan fingerprint density at radius 3 is 1.78 bits per heavy atom. The van der Waals surface area contributed by atoms with E-state index in [-0.39, 0.29) is 0 Å². The molecule has 0 bridgehead atoms. The SMILES string of the molecule is Cc1cc(C)cc([123I])c1. The van der Waals surface area contributed by atoms with Crippen LogP contribution in [0.1, 0.15) is 11.1 Å². The van der Waals surface area contributed by atoms with Gasteiger partial charge in [0.25, 0.3) is 0 Å². The maximum Gasteiger partial charge on any atom is 0.0135 e. The van der Waals surface area contributed by atoms with E-state index >= 15 is 0 Å². The van der Waals surface area contributed by atoms with Crippen LogP contribution < -0.4 is 0 Å². The van der Waals surface area contributed by atoms with Gasteiger partial charge in [-0.1, -0.05) is 6.07 Å². The van der Waals surface area contributed by atoms with E-state index in [0.717, 1.165) is 0 Å². The molecule has 0 atom stereocenters. The summed E-state index contributed by atoms with van der Waals surface area (Å²) < 4.78 is 1.32. The summed E-state index contributed by atoms with van der Waals surface area (Å²) in [6, 6.07) is 6.53. The molecule has 0 heterocycles. The molecule has 0 fully saturated rings. The van der Waals surface area contributed by atoms with Crippen LogP contribution in [-0.4, -0.2) is 0 Å². The molecule has 1 aromatic rings. The lowest BCUT2D eigenvalue weighted by atomic mass is 10.2. The van der Waals surface area contributed by atoms with Gasteiger partial charge in [-0.25, -0.2) is 0 Å². The molecule has 0 N–H and O–H groups in total. The third-order valence-corrected chi connectivity index (χ3v) is 1.81.